The third-order valence-corrected chi connectivity index (χ3v) is 3.94. The van der Waals surface area contributed by atoms with Gasteiger partial charge in [-0.1, -0.05) is 11.3 Å². The first-order valence-electron chi connectivity index (χ1n) is 4.98. The van der Waals surface area contributed by atoms with E-state index in [1.807, 2.05) is 0 Å². The highest BCUT2D eigenvalue weighted by Crippen LogP contribution is 2.27. The number of thiophene rings is 1. The van der Waals surface area contributed by atoms with Crippen molar-refractivity contribution in [3.05, 3.63) is 55.6 Å². The number of rotatable bonds is 4. The van der Waals surface area contributed by atoms with E-state index in [9.17, 15) is 14.5 Å². The number of benzene rings is 1. The van der Waals surface area contributed by atoms with Gasteiger partial charge in [-0.05, 0) is 40.2 Å². The molecule has 0 radical (unpaired) electrons. The van der Waals surface area contributed by atoms with Crippen molar-refractivity contribution >= 4 is 38.0 Å². The Labute approximate surface area is 115 Å². The van der Waals surface area contributed by atoms with Crippen molar-refractivity contribution in [3.63, 3.8) is 0 Å². The van der Waals surface area contributed by atoms with E-state index in [1.165, 1.54) is 18.2 Å². The molecule has 0 spiro atoms. The van der Waals surface area contributed by atoms with Gasteiger partial charge in [-0.3, -0.25) is 10.1 Å². The Morgan fingerprint density at radius 1 is 1.39 bits per heavy atom. The quantitative estimate of drug-likeness (QED) is 0.676. The molecule has 0 atom stereocenters. The standard InChI is InChI=1S/C11H8BrFN2O2S/c12-9-3-1-7(13)5-10(9)14-6-8-2-4-11(18-8)15(16)17/h1-5,14H,6H2. The molecule has 1 N–H and O–H groups in total. The van der Waals surface area contributed by atoms with Crippen molar-refractivity contribution in [1.82, 2.24) is 0 Å². The second-order valence-corrected chi connectivity index (χ2v) is 5.48. The van der Waals surface area contributed by atoms with Gasteiger partial charge in [0, 0.05) is 22.0 Å². The molecule has 0 unspecified atom stereocenters. The first-order chi connectivity index (χ1) is 8.56. The molecule has 18 heavy (non-hydrogen) atoms. The summed E-state index contributed by atoms with van der Waals surface area (Å²) in [6.45, 7) is 0.417. The number of hydrogen-bond donors (Lipinski definition) is 1. The maximum atomic E-state index is 13.0. The van der Waals surface area contributed by atoms with E-state index >= 15 is 0 Å². The molecule has 0 bridgehead atoms. The van der Waals surface area contributed by atoms with Crippen LogP contribution in [-0.4, -0.2) is 4.92 Å². The summed E-state index contributed by atoms with van der Waals surface area (Å²) in [6, 6.07) is 7.47. The van der Waals surface area contributed by atoms with Crippen molar-refractivity contribution in [1.29, 1.82) is 0 Å². The number of nitrogens with zero attached hydrogens (tertiary/aromatic N) is 1. The molecule has 0 aliphatic heterocycles. The van der Waals surface area contributed by atoms with Crippen LogP contribution >= 0.6 is 27.3 Å². The Balaban J connectivity index is 2.06. The van der Waals surface area contributed by atoms with Crippen LogP contribution in [0.1, 0.15) is 4.88 Å². The maximum Gasteiger partial charge on any atom is 0.324 e. The summed E-state index contributed by atoms with van der Waals surface area (Å²) < 4.78 is 13.8. The van der Waals surface area contributed by atoms with Gasteiger partial charge in [0.25, 0.3) is 0 Å². The summed E-state index contributed by atoms with van der Waals surface area (Å²) >= 11 is 4.40. The Bertz CT molecular complexity index is 588. The van der Waals surface area contributed by atoms with E-state index in [0.717, 1.165) is 20.7 Å². The van der Waals surface area contributed by atoms with Crippen LogP contribution in [0.3, 0.4) is 0 Å². The minimum Gasteiger partial charge on any atom is -0.379 e. The highest BCUT2D eigenvalue weighted by molar-refractivity contribution is 9.10. The average molecular weight is 331 g/mol. The van der Waals surface area contributed by atoms with Gasteiger partial charge in [0.1, 0.15) is 5.82 Å². The Hall–Kier alpha value is -1.47. The molecular weight excluding hydrogens is 323 g/mol. The summed E-state index contributed by atoms with van der Waals surface area (Å²) in [5.41, 5.74) is 0.617. The van der Waals surface area contributed by atoms with E-state index in [0.29, 0.717) is 12.2 Å². The van der Waals surface area contributed by atoms with E-state index in [2.05, 4.69) is 21.2 Å². The minimum absolute atomic E-state index is 0.102. The first kappa shape index (κ1) is 13.0. The molecule has 0 aliphatic rings. The minimum atomic E-state index is -0.424. The molecule has 0 aliphatic carbocycles. The molecule has 1 aromatic heterocycles. The molecule has 4 nitrogen and oxygen atoms in total. The fourth-order valence-electron chi connectivity index (χ4n) is 1.38. The SMILES string of the molecule is O=[N+]([O-])c1ccc(CNc2cc(F)ccc2Br)s1. The largest absolute Gasteiger partial charge is 0.379 e. The number of halogens is 2. The number of nitrogens with one attached hydrogen (secondary N) is 1. The normalized spacial score (nSPS) is 10.3. The van der Waals surface area contributed by atoms with Gasteiger partial charge in [-0.25, -0.2) is 4.39 Å². The van der Waals surface area contributed by atoms with Crippen LogP contribution in [0.15, 0.2) is 34.8 Å². The van der Waals surface area contributed by atoms with E-state index in [4.69, 9.17) is 0 Å². The van der Waals surface area contributed by atoms with Crippen LogP contribution in [0.2, 0.25) is 0 Å². The number of anilines is 1. The van der Waals surface area contributed by atoms with Crippen molar-refractivity contribution < 1.29 is 9.31 Å². The summed E-state index contributed by atoms with van der Waals surface area (Å²) in [6.07, 6.45) is 0. The Morgan fingerprint density at radius 2 is 2.17 bits per heavy atom. The highest BCUT2D eigenvalue weighted by atomic mass is 79.9. The van der Waals surface area contributed by atoms with Crippen LogP contribution in [0.5, 0.6) is 0 Å². The maximum absolute atomic E-state index is 13.0. The molecule has 0 saturated carbocycles. The van der Waals surface area contributed by atoms with Crippen LogP contribution < -0.4 is 5.32 Å². The molecule has 1 heterocycles. The van der Waals surface area contributed by atoms with Crippen molar-refractivity contribution in [2.24, 2.45) is 0 Å². The predicted molar refractivity (Wildman–Crippen MR) is 72.4 cm³/mol. The lowest BCUT2D eigenvalue weighted by Crippen LogP contribution is -1.98. The van der Waals surface area contributed by atoms with Gasteiger partial charge >= 0.3 is 5.00 Å². The van der Waals surface area contributed by atoms with E-state index in [1.54, 1.807) is 12.1 Å². The van der Waals surface area contributed by atoms with Gasteiger partial charge in [0.05, 0.1) is 10.6 Å². The third kappa shape index (κ3) is 3.05. The van der Waals surface area contributed by atoms with Gasteiger partial charge in [-0.2, -0.15) is 0 Å². The molecule has 0 amide bonds. The molecule has 0 saturated heterocycles. The van der Waals surface area contributed by atoms with Gasteiger partial charge < -0.3 is 5.32 Å². The van der Waals surface area contributed by atoms with Crippen LogP contribution in [-0.2, 0) is 6.54 Å². The van der Waals surface area contributed by atoms with Crippen molar-refractivity contribution in [2.45, 2.75) is 6.54 Å². The highest BCUT2D eigenvalue weighted by Gasteiger charge is 2.09. The molecule has 2 aromatic rings. The number of hydrogen-bond acceptors (Lipinski definition) is 4. The lowest BCUT2D eigenvalue weighted by Gasteiger charge is -2.06. The zero-order valence-electron chi connectivity index (χ0n) is 9.02. The third-order valence-electron chi connectivity index (χ3n) is 2.21. The molecule has 0 fully saturated rings. The smallest absolute Gasteiger partial charge is 0.324 e. The summed E-state index contributed by atoms with van der Waals surface area (Å²) in [5, 5.41) is 13.7. The topological polar surface area (TPSA) is 55.2 Å². The van der Waals surface area contributed by atoms with Gasteiger partial charge in [0.15, 0.2) is 0 Å². The fourth-order valence-corrected chi connectivity index (χ4v) is 2.52. The molecule has 1 aromatic carbocycles. The van der Waals surface area contributed by atoms with Crippen LogP contribution in [0.4, 0.5) is 15.1 Å². The second kappa shape index (κ2) is 5.45. The van der Waals surface area contributed by atoms with E-state index in [-0.39, 0.29) is 10.8 Å². The summed E-state index contributed by atoms with van der Waals surface area (Å²) in [7, 11) is 0. The zero-order chi connectivity index (χ0) is 13.1. The van der Waals surface area contributed by atoms with E-state index < -0.39 is 4.92 Å². The van der Waals surface area contributed by atoms with Gasteiger partial charge in [0.2, 0.25) is 0 Å². The Kier molecular flexibility index (Phi) is 3.93. The summed E-state index contributed by atoms with van der Waals surface area (Å²) in [5.74, 6) is -0.335. The zero-order valence-corrected chi connectivity index (χ0v) is 11.4. The van der Waals surface area contributed by atoms with Crippen molar-refractivity contribution in [3.8, 4) is 0 Å². The van der Waals surface area contributed by atoms with Crippen molar-refractivity contribution in [2.75, 3.05) is 5.32 Å². The van der Waals surface area contributed by atoms with Crippen LogP contribution in [0, 0.1) is 15.9 Å². The average Bonchev–Trinajstić information content (AvgIpc) is 2.79. The Morgan fingerprint density at radius 3 is 2.83 bits per heavy atom. The fraction of sp³-hybridized carbons (Fsp3) is 0.0909. The lowest BCUT2D eigenvalue weighted by molar-refractivity contribution is -0.380. The second-order valence-electron chi connectivity index (χ2n) is 3.47. The number of nitro groups is 1. The summed E-state index contributed by atoms with van der Waals surface area (Å²) in [4.78, 5) is 10.9. The molecular formula is C11H8BrFN2O2S. The lowest BCUT2D eigenvalue weighted by atomic mass is 10.3. The molecule has 2 rings (SSSR count). The predicted octanol–water partition coefficient (Wildman–Crippen LogP) is 4.17. The molecule has 7 heteroatoms. The van der Waals surface area contributed by atoms with Gasteiger partial charge in [-0.15, -0.1) is 0 Å². The monoisotopic (exact) mass is 330 g/mol. The molecule has 94 valence electrons. The van der Waals surface area contributed by atoms with Crippen LogP contribution in [0.25, 0.3) is 0 Å². The first-order valence-corrected chi connectivity index (χ1v) is 6.59.